The average Bonchev–Trinajstić information content (AvgIpc) is 3.47. The first-order valence-corrected chi connectivity index (χ1v) is 15.5. The monoisotopic (exact) mass is 644 g/mol. The van der Waals surface area contributed by atoms with Gasteiger partial charge >= 0.3 is 11.7 Å². The van der Waals surface area contributed by atoms with Crippen LogP contribution in [0.15, 0.2) is 94.6 Å². The van der Waals surface area contributed by atoms with Gasteiger partial charge in [-0.2, -0.15) is 0 Å². The summed E-state index contributed by atoms with van der Waals surface area (Å²) in [4.78, 5) is 39.0. The number of unbranched alkanes of at least 4 members (excludes halogenated alkanes) is 1. The molecule has 1 unspecified atom stereocenters. The summed E-state index contributed by atoms with van der Waals surface area (Å²) in [5.74, 6) is 0.897. The Bertz CT molecular complexity index is 1700. The fourth-order valence-corrected chi connectivity index (χ4v) is 6.35. The summed E-state index contributed by atoms with van der Waals surface area (Å²) < 4.78 is 23.4. The molecule has 0 amide bonds. The maximum absolute atomic E-state index is 13.0. The van der Waals surface area contributed by atoms with Gasteiger partial charge in [-0.15, -0.1) is 0 Å². The van der Waals surface area contributed by atoms with Gasteiger partial charge in [-0.1, -0.05) is 54.6 Å². The highest BCUT2D eigenvalue weighted by Crippen LogP contribution is 2.47. The summed E-state index contributed by atoms with van der Waals surface area (Å²) in [5.41, 5.74) is 0.0894. The minimum absolute atomic E-state index is 0.00430. The van der Waals surface area contributed by atoms with Crippen molar-refractivity contribution >= 4 is 5.97 Å². The molecule has 0 radical (unpaired) electrons. The van der Waals surface area contributed by atoms with E-state index in [0.29, 0.717) is 36.3 Å². The van der Waals surface area contributed by atoms with Crippen LogP contribution in [0.25, 0.3) is 0 Å². The second-order valence-electron chi connectivity index (χ2n) is 11.6. The summed E-state index contributed by atoms with van der Waals surface area (Å²) in [7, 11) is 3.15. The standard InChI is InChI=1S/C36H40N2O9/c1-23(39)46-20-8-7-9-24-22-38(35(43)37-34(24)42)31-21-30(40)32(47-31)33(41)36(25-10-5-4-6-11-25,26-12-16-28(44-2)17-13-26)27-14-18-29(45-3)19-15-27/h4-6,10-19,22,30-33,40-41H,7-9,20-21H2,1-3H3,(H,37,42,43)/t30-,31+,32-,33?/m0/s1. The van der Waals surface area contributed by atoms with Crippen molar-refractivity contribution in [2.24, 2.45) is 0 Å². The molecule has 3 aromatic carbocycles. The van der Waals surface area contributed by atoms with Crippen molar-refractivity contribution in [3.8, 4) is 11.5 Å². The highest BCUT2D eigenvalue weighted by Gasteiger charge is 2.52. The Morgan fingerprint density at radius 1 is 0.936 bits per heavy atom. The van der Waals surface area contributed by atoms with Crippen LogP contribution in [-0.2, 0) is 26.1 Å². The SMILES string of the molecule is COc1ccc(C(c2ccccc2)(c2ccc(OC)cc2)C(O)[C@H]2O[C@@H](n3cc(CCCCOC(C)=O)c(=O)[nH]c3=O)C[C@@H]2O)cc1. The van der Waals surface area contributed by atoms with Crippen molar-refractivity contribution < 1.29 is 34.0 Å². The van der Waals surface area contributed by atoms with Crippen LogP contribution in [0.1, 0.15) is 54.7 Å². The van der Waals surface area contributed by atoms with E-state index in [1.165, 1.54) is 17.7 Å². The first-order chi connectivity index (χ1) is 22.7. The zero-order valence-corrected chi connectivity index (χ0v) is 26.6. The summed E-state index contributed by atoms with van der Waals surface area (Å²) in [6.07, 6.45) is -1.76. The molecule has 47 heavy (non-hydrogen) atoms. The number of methoxy groups -OCH3 is 2. The summed E-state index contributed by atoms with van der Waals surface area (Å²) in [5, 5.41) is 24.0. The number of aryl methyl sites for hydroxylation is 1. The number of aliphatic hydroxyl groups excluding tert-OH is 2. The number of nitrogens with one attached hydrogen (secondary N) is 1. The van der Waals surface area contributed by atoms with E-state index in [-0.39, 0.29) is 19.0 Å². The molecular weight excluding hydrogens is 604 g/mol. The Balaban J connectivity index is 1.54. The van der Waals surface area contributed by atoms with Crippen LogP contribution in [0.2, 0.25) is 0 Å². The molecule has 0 saturated carbocycles. The van der Waals surface area contributed by atoms with Crippen molar-refractivity contribution in [2.75, 3.05) is 20.8 Å². The molecular formula is C36H40N2O9. The normalized spacial score (nSPS) is 18.4. The molecule has 5 rings (SSSR count). The second-order valence-corrected chi connectivity index (χ2v) is 11.6. The molecule has 0 bridgehead atoms. The van der Waals surface area contributed by atoms with E-state index in [9.17, 15) is 24.6 Å². The smallest absolute Gasteiger partial charge is 0.330 e. The van der Waals surface area contributed by atoms with Gasteiger partial charge in [-0.3, -0.25) is 19.1 Å². The van der Waals surface area contributed by atoms with Gasteiger partial charge in [-0.25, -0.2) is 4.79 Å². The number of benzene rings is 3. The van der Waals surface area contributed by atoms with E-state index < -0.39 is 41.2 Å². The first-order valence-electron chi connectivity index (χ1n) is 15.5. The molecule has 2 heterocycles. The first kappa shape index (κ1) is 33.6. The molecule has 1 aromatic heterocycles. The quantitative estimate of drug-likeness (QED) is 0.113. The van der Waals surface area contributed by atoms with Gasteiger partial charge in [0, 0.05) is 25.1 Å². The van der Waals surface area contributed by atoms with E-state index in [0.717, 1.165) is 16.7 Å². The van der Waals surface area contributed by atoms with Gasteiger partial charge in [0.25, 0.3) is 5.56 Å². The maximum Gasteiger partial charge on any atom is 0.330 e. The third-order valence-electron chi connectivity index (χ3n) is 8.71. The number of nitrogens with zero attached hydrogens (tertiary/aromatic N) is 1. The zero-order chi connectivity index (χ0) is 33.6. The number of hydrogen-bond donors (Lipinski definition) is 3. The van der Waals surface area contributed by atoms with Gasteiger partial charge in [0.2, 0.25) is 0 Å². The van der Waals surface area contributed by atoms with Crippen molar-refractivity contribution in [3.63, 3.8) is 0 Å². The number of H-pyrrole nitrogens is 1. The Morgan fingerprint density at radius 3 is 2.06 bits per heavy atom. The topological polar surface area (TPSA) is 149 Å². The Kier molecular flexibility index (Phi) is 10.6. The fraction of sp³-hybridized carbons (Fsp3) is 0.361. The number of aromatic amines is 1. The van der Waals surface area contributed by atoms with Gasteiger partial charge in [0.05, 0.1) is 32.3 Å². The van der Waals surface area contributed by atoms with Gasteiger partial charge in [0.1, 0.15) is 29.9 Å². The van der Waals surface area contributed by atoms with Crippen LogP contribution in [0.3, 0.4) is 0 Å². The number of carbonyl (C=O) groups excluding carboxylic acids is 1. The minimum atomic E-state index is -1.36. The lowest BCUT2D eigenvalue weighted by atomic mass is 9.64. The van der Waals surface area contributed by atoms with Crippen molar-refractivity contribution in [2.45, 2.75) is 62.6 Å². The predicted octanol–water partition coefficient (Wildman–Crippen LogP) is 3.48. The van der Waals surface area contributed by atoms with E-state index in [1.54, 1.807) is 14.2 Å². The summed E-state index contributed by atoms with van der Waals surface area (Å²) in [6, 6.07) is 24.2. The zero-order valence-electron chi connectivity index (χ0n) is 26.6. The molecule has 248 valence electrons. The summed E-state index contributed by atoms with van der Waals surface area (Å²) >= 11 is 0. The fourth-order valence-electron chi connectivity index (χ4n) is 6.35. The van der Waals surface area contributed by atoms with E-state index in [1.807, 2.05) is 78.9 Å². The van der Waals surface area contributed by atoms with E-state index in [2.05, 4.69) is 4.98 Å². The lowest BCUT2D eigenvalue weighted by molar-refractivity contribution is -0.141. The Morgan fingerprint density at radius 2 is 1.51 bits per heavy atom. The van der Waals surface area contributed by atoms with Gasteiger partial charge < -0.3 is 29.2 Å². The summed E-state index contributed by atoms with van der Waals surface area (Å²) in [6.45, 7) is 1.56. The van der Waals surface area contributed by atoms with Crippen LogP contribution in [0.4, 0.5) is 0 Å². The molecule has 4 aromatic rings. The molecule has 1 saturated heterocycles. The number of aromatic nitrogens is 2. The minimum Gasteiger partial charge on any atom is -0.497 e. The predicted molar refractivity (Wildman–Crippen MR) is 174 cm³/mol. The van der Waals surface area contributed by atoms with Crippen molar-refractivity contribution in [1.82, 2.24) is 9.55 Å². The van der Waals surface area contributed by atoms with E-state index >= 15 is 0 Å². The number of hydrogen-bond acceptors (Lipinski definition) is 9. The van der Waals surface area contributed by atoms with Crippen LogP contribution in [0, 0.1) is 0 Å². The van der Waals surface area contributed by atoms with Crippen LogP contribution in [-0.4, -0.2) is 64.9 Å². The average molecular weight is 645 g/mol. The number of aliphatic hydroxyl groups is 2. The van der Waals surface area contributed by atoms with E-state index in [4.69, 9.17) is 18.9 Å². The lowest BCUT2D eigenvalue weighted by Crippen LogP contribution is -2.51. The molecule has 11 heteroatoms. The highest BCUT2D eigenvalue weighted by atomic mass is 16.5. The number of carbonyl (C=O) groups is 1. The van der Waals surface area contributed by atoms with Crippen LogP contribution < -0.4 is 20.7 Å². The highest BCUT2D eigenvalue weighted by molar-refractivity contribution is 5.65. The largest absolute Gasteiger partial charge is 0.497 e. The van der Waals surface area contributed by atoms with Crippen LogP contribution >= 0.6 is 0 Å². The second kappa shape index (κ2) is 14.8. The molecule has 1 aliphatic rings. The van der Waals surface area contributed by atoms with Gasteiger partial charge in [-0.05, 0) is 60.2 Å². The molecule has 0 aliphatic carbocycles. The Hall–Kier alpha value is -4.71. The molecule has 1 fully saturated rings. The number of ether oxygens (including phenoxy) is 4. The third kappa shape index (κ3) is 7.02. The third-order valence-corrected chi connectivity index (χ3v) is 8.71. The van der Waals surface area contributed by atoms with Crippen molar-refractivity contribution in [1.29, 1.82) is 0 Å². The van der Waals surface area contributed by atoms with Gasteiger partial charge in [0.15, 0.2) is 0 Å². The lowest BCUT2D eigenvalue weighted by Gasteiger charge is -2.43. The molecule has 4 atom stereocenters. The molecule has 0 spiro atoms. The molecule has 1 aliphatic heterocycles. The van der Waals surface area contributed by atoms with Crippen molar-refractivity contribution in [3.05, 3.63) is 128 Å². The molecule has 3 N–H and O–H groups in total. The number of rotatable bonds is 13. The number of esters is 1. The maximum atomic E-state index is 13.0. The molecule has 11 nitrogen and oxygen atoms in total. The van der Waals surface area contributed by atoms with Crippen LogP contribution in [0.5, 0.6) is 11.5 Å². The Labute approximate surface area is 272 Å².